The Morgan fingerprint density at radius 1 is 1.22 bits per heavy atom. The highest BCUT2D eigenvalue weighted by molar-refractivity contribution is 5.44. The van der Waals surface area contributed by atoms with E-state index in [9.17, 15) is 13.2 Å². The number of halogens is 3. The summed E-state index contributed by atoms with van der Waals surface area (Å²) in [6, 6.07) is 1.41. The van der Waals surface area contributed by atoms with Gasteiger partial charge in [0, 0.05) is 0 Å². The van der Waals surface area contributed by atoms with Crippen molar-refractivity contribution in [3.8, 4) is 5.75 Å². The lowest BCUT2D eigenvalue weighted by atomic mass is 9.99. The highest BCUT2D eigenvalue weighted by atomic mass is 19.4. The zero-order chi connectivity index (χ0) is 13.9. The fourth-order valence-electron chi connectivity index (χ4n) is 2.10. The summed E-state index contributed by atoms with van der Waals surface area (Å²) in [4.78, 5) is 0. The molecule has 0 heterocycles. The third kappa shape index (κ3) is 3.16. The van der Waals surface area contributed by atoms with Crippen molar-refractivity contribution in [3.63, 3.8) is 0 Å². The molecule has 0 aromatic heterocycles. The molecule has 0 amide bonds. The number of rotatable bonds is 4. The predicted octanol–water partition coefficient (Wildman–Crippen LogP) is 3.52. The van der Waals surface area contributed by atoms with Crippen molar-refractivity contribution in [1.82, 2.24) is 5.32 Å². The summed E-state index contributed by atoms with van der Waals surface area (Å²) in [7, 11) is 1.51. The van der Waals surface area contributed by atoms with E-state index < -0.39 is 12.2 Å². The highest BCUT2D eigenvalue weighted by Gasteiger charge is 2.40. The largest absolute Gasteiger partial charge is 0.496 e. The second-order valence-electron chi connectivity index (χ2n) is 4.22. The first-order chi connectivity index (χ1) is 8.31. The van der Waals surface area contributed by atoms with Crippen LogP contribution in [-0.2, 0) is 0 Å². The van der Waals surface area contributed by atoms with Gasteiger partial charge in [-0.15, -0.1) is 0 Å². The SMILES string of the molecule is CCNC(c1cc(C)c(OC)c(C)c1)C(F)(F)F. The van der Waals surface area contributed by atoms with Crippen molar-refractivity contribution >= 4 is 0 Å². The molecule has 1 N–H and O–H groups in total. The van der Waals surface area contributed by atoms with Gasteiger partial charge in [-0.25, -0.2) is 0 Å². The van der Waals surface area contributed by atoms with Gasteiger partial charge in [0.2, 0.25) is 0 Å². The first-order valence-electron chi connectivity index (χ1n) is 5.76. The Hall–Kier alpha value is -1.23. The summed E-state index contributed by atoms with van der Waals surface area (Å²) in [5.41, 5.74) is 1.64. The molecule has 1 atom stereocenters. The standard InChI is InChI=1S/C13H18F3NO/c1-5-17-12(13(14,15)16)10-6-8(2)11(18-4)9(3)7-10/h6-7,12,17H,5H2,1-4H3. The molecule has 1 aromatic carbocycles. The van der Waals surface area contributed by atoms with Crippen LogP contribution in [0.1, 0.15) is 29.7 Å². The van der Waals surface area contributed by atoms with Crippen LogP contribution in [0.3, 0.4) is 0 Å². The second-order valence-corrected chi connectivity index (χ2v) is 4.22. The van der Waals surface area contributed by atoms with Crippen molar-refractivity contribution in [2.75, 3.05) is 13.7 Å². The van der Waals surface area contributed by atoms with Crippen molar-refractivity contribution < 1.29 is 17.9 Å². The van der Waals surface area contributed by atoms with Gasteiger partial charge in [-0.2, -0.15) is 13.2 Å². The van der Waals surface area contributed by atoms with E-state index >= 15 is 0 Å². The number of nitrogens with one attached hydrogen (secondary N) is 1. The number of ether oxygens (including phenoxy) is 1. The summed E-state index contributed by atoms with van der Waals surface area (Å²) in [6.07, 6.45) is -4.30. The Kier molecular flexibility index (Phi) is 4.62. The van der Waals surface area contributed by atoms with Crippen molar-refractivity contribution in [3.05, 3.63) is 28.8 Å². The molecule has 0 fully saturated rings. The molecule has 0 spiro atoms. The fraction of sp³-hybridized carbons (Fsp3) is 0.538. The average Bonchev–Trinajstić information content (AvgIpc) is 2.23. The van der Waals surface area contributed by atoms with Crippen molar-refractivity contribution in [2.45, 2.75) is 33.0 Å². The zero-order valence-electron chi connectivity index (χ0n) is 11.0. The van der Waals surface area contributed by atoms with Crippen LogP contribution >= 0.6 is 0 Å². The van der Waals surface area contributed by atoms with E-state index in [-0.39, 0.29) is 12.1 Å². The third-order valence-electron chi connectivity index (χ3n) is 2.76. The maximum atomic E-state index is 12.9. The van der Waals surface area contributed by atoms with E-state index in [1.54, 1.807) is 20.8 Å². The monoisotopic (exact) mass is 261 g/mol. The van der Waals surface area contributed by atoms with Crippen molar-refractivity contribution in [1.29, 1.82) is 0 Å². The summed E-state index contributed by atoms with van der Waals surface area (Å²) < 4.78 is 44.0. The zero-order valence-corrected chi connectivity index (χ0v) is 11.0. The average molecular weight is 261 g/mol. The van der Waals surface area contributed by atoms with Crippen LogP contribution in [0, 0.1) is 13.8 Å². The van der Waals surface area contributed by atoms with Gasteiger partial charge in [-0.05, 0) is 37.1 Å². The minimum absolute atomic E-state index is 0.222. The maximum absolute atomic E-state index is 12.9. The normalized spacial score (nSPS) is 13.5. The molecule has 0 aliphatic heterocycles. The fourth-order valence-corrected chi connectivity index (χ4v) is 2.10. The summed E-state index contributed by atoms with van der Waals surface area (Å²) in [6.45, 7) is 5.40. The van der Waals surface area contributed by atoms with E-state index in [4.69, 9.17) is 4.74 Å². The first kappa shape index (κ1) is 14.8. The number of aryl methyl sites for hydroxylation is 2. The van der Waals surface area contributed by atoms with E-state index in [1.165, 1.54) is 19.2 Å². The molecule has 0 radical (unpaired) electrons. The molecular formula is C13H18F3NO. The van der Waals surface area contributed by atoms with Gasteiger partial charge in [-0.1, -0.05) is 19.1 Å². The topological polar surface area (TPSA) is 21.3 Å². The van der Waals surface area contributed by atoms with Crippen LogP contribution in [0.4, 0.5) is 13.2 Å². The molecule has 5 heteroatoms. The number of methoxy groups -OCH3 is 1. The van der Waals surface area contributed by atoms with Gasteiger partial charge in [-0.3, -0.25) is 0 Å². The van der Waals surface area contributed by atoms with Crippen LogP contribution in [0.25, 0.3) is 0 Å². The Bertz CT molecular complexity index is 392. The molecule has 18 heavy (non-hydrogen) atoms. The Morgan fingerprint density at radius 3 is 2.06 bits per heavy atom. The molecule has 0 saturated heterocycles. The van der Waals surface area contributed by atoms with Crippen LogP contribution < -0.4 is 10.1 Å². The molecule has 0 bridgehead atoms. The van der Waals surface area contributed by atoms with Gasteiger partial charge in [0.15, 0.2) is 0 Å². The van der Waals surface area contributed by atoms with Gasteiger partial charge < -0.3 is 10.1 Å². The molecule has 102 valence electrons. The highest BCUT2D eigenvalue weighted by Crippen LogP contribution is 2.35. The van der Waals surface area contributed by atoms with Gasteiger partial charge >= 0.3 is 6.18 Å². The van der Waals surface area contributed by atoms with Crippen LogP contribution in [0.2, 0.25) is 0 Å². The third-order valence-corrected chi connectivity index (χ3v) is 2.76. The van der Waals surface area contributed by atoms with Gasteiger partial charge in [0.05, 0.1) is 7.11 Å². The minimum atomic E-state index is -4.30. The van der Waals surface area contributed by atoms with Crippen molar-refractivity contribution in [2.24, 2.45) is 0 Å². The number of hydrogen-bond donors (Lipinski definition) is 1. The molecule has 1 rings (SSSR count). The number of benzene rings is 1. The van der Waals surface area contributed by atoms with E-state index in [0.29, 0.717) is 16.9 Å². The Balaban J connectivity index is 3.22. The van der Waals surface area contributed by atoms with Crippen LogP contribution in [-0.4, -0.2) is 19.8 Å². The maximum Gasteiger partial charge on any atom is 0.407 e. The predicted molar refractivity (Wildman–Crippen MR) is 64.9 cm³/mol. The smallest absolute Gasteiger partial charge is 0.407 e. The van der Waals surface area contributed by atoms with Crippen LogP contribution in [0.15, 0.2) is 12.1 Å². The Labute approximate surface area is 105 Å². The van der Waals surface area contributed by atoms with E-state index in [0.717, 1.165) is 0 Å². The molecular weight excluding hydrogens is 243 g/mol. The Morgan fingerprint density at radius 2 is 1.72 bits per heavy atom. The lowest BCUT2D eigenvalue weighted by Gasteiger charge is -2.23. The number of alkyl halides is 3. The first-order valence-corrected chi connectivity index (χ1v) is 5.76. The molecule has 0 aliphatic rings. The van der Waals surface area contributed by atoms with E-state index in [2.05, 4.69) is 5.32 Å². The van der Waals surface area contributed by atoms with E-state index in [1.807, 2.05) is 0 Å². The number of hydrogen-bond acceptors (Lipinski definition) is 2. The van der Waals surface area contributed by atoms with Gasteiger partial charge in [0.25, 0.3) is 0 Å². The summed E-state index contributed by atoms with van der Waals surface area (Å²) in [5, 5.41) is 2.46. The second kappa shape index (κ2) is 5.61. The molecule has 1 aromatic rings. The van der Waals surface area contributed by atoms with Crippen LogP contribution in [0.5, 0.6) is 5.75 Å². The lowest BCUT2D eigenvalue weighted by Crippen LogP contribution is -2.34. The lowest BCUT2D eigenvalue weighted by molar-refractivity contribution is -0.157. The molecule has 0 saturated carbocycles. The minimum Gasteiger partial charge on any atom is -0.496 e. The van der Waals surface area contributed by atoms with Gasteiger partial charge in [0.1, 0.15) is 11.8 Å². The molecule has 2 nitrogen and oxygen atoms in total. The quantitative estimate of drug-likeness (QED) is 0.895. The molecule has 0 aliphatic carbocycles. The molecule has 1 unspecified atom stereocenters. The summed E-state index contributed by atoms with van der Waals surface area (Å²) >= 11 is 0. The summed E-state index contributed by atoms with van der Waals surface area (Å²) in [5.74, 6) is 0.635.